The monoisotopic (exact) mass is 222 g/mol. The molecule has 2 N–H and O–H groups in total. The number of rotatable bonds is 4. The Morgan fingerprint density at radius 3 is 1.38 bits per heavy atom. The fourth-order valence-electron chi connectivity index (χ4n) is 1.87. The molecule has 0 fully saturated rings. The quantitative estimate of drug-likeness (QED) is 0.765. The van der Waals surface area contributed by atoms with Crippen molar-refractivity contribution in [2.24, 2.45) is 11.8 Å². The van der Waals surface area contributed by atoms with Crippen molar-refractivity contribution in [1.82, 2.24) is 0 Å². The largest absolute Gasteiger partial charge is 0.508 e. The van der Waals surface area contributed by atoms with Gasteiger partial charge in [-0.15, -0.1) is 0 Å². The SMILES string of the molecule is CC(C)Cc1cc(O)c(CC(C)C)cc1O. The lowest BCUT2D eigenvalue weighted by atomic mass is 9.96. The number of hydrogen-bond acceptors (Lipinski definition) is 2. The van der Waals surface area contributed by atoms with Gasteiger partial charge in [-0.1, -0.05) is 27.7 Å². The zero-order valence-electron chi connectivity index (χ0n) is 10.6. The van der Waals surface area contributed by atoms with Gasteiger partial charge in [-0.25, -0.2) is 0 Å². The lowest BCUT2D eigenvalue weighted by molar-refractivity contribution is 0.441. The lowest BCUT2D eigenvalue weighted by Crippen LogP contribution is -1.98. The molecule has 2 heteroatoms. The summed E-state index contributed by atoms with van der Waals surface area (Å²) in [6, 6.07) is 3.40. The van der Waals surface area contributed by atoms with Crippen molar-refractivity contribution in [2.75, 3.05) is 0 Å². The fraction of sp³-hybridized carbons (Fsp3) is 0.571. The Bertz CT molecular complexity index is 318. The van der Waals surface area contributed by atoms with Gasteiger partial charge in [0, 0.05) is 0 Å². The van der Waals surface area contributed by atoms with Crippen LogP contribution in [0.1, 0.15) is 38.8 Å². The minimum absolute atomic E-state index is 0.308. The van der Waals surface area contributed by atoms with Crippen LogP contribution in [0.15, 0.2) is 12.1 Å². The first-order chi connectivity index (χ1) is 7.40. The van der Waals surface area contributed by atoms with Gasteiger partial charge in [0.1, 0.15) is 11.5 Å². The molecule has 90 valence electrons. The third-order valence-electron chi connectivity index (χ3n) is 2.54. The Morgan fingerprint density at radius 2 is 1.12 bits per heavy atom. The van der Waals surface area contributed by atoms with Crippen LogP contribution in [0.25, 0.3) is 0 Å². The van der Waals surface area contributed by atoms with Gasteiger partial charge in [0.2, 0.25) is 0 Å². The number of benzene rings is 1. The minimum atomic E-state index is 0.308. The van der Waals surface area contributed by atoms with Crippen LogP contribution in [-0.4, -0.2) is 10.2 Å². The van der Waals surface area contributed by atoms with Crippen LogP contribution < -0.4 is 0 Å². The topological polar surface area (TPSA) is 40.5 Å². The molecule has 0 aliphatic carbocycles. The van der Waals surface area contributed by atoms with Gasteiger partial charge in [0.25, 0.3) is 0 Å². The maximum Gasteiger partial charge on any atom is 0.119 e. The van der Waals surface area contributed by atoms with E-state index in [9.17, 15) is 10.2 Å². The summed E-state index contributed by atoms with van der Waals surface area (Å²) in [6.07, 6.45) is 1.59. The van der Waals surface area contributed by atoms with E-state index in [0.29, 0.717) is 23.3 Å². The van der Waals surface area contributed by atoms with Crippen LogP contribution in [0, 0.1) is 11.8 Å². The van der Waals surface area contributed by atoms with E-state index >= 15 is 0 Å². The highest BCUT2D eigenvalue weighted by Crippen LogP contribution is 2.30. The average molecular weight is 222 g/mol. The van der Waals surface area contributed by atoms with Crippen molar-refractivity contribution >= 4 is 0 Å². The van der Waals surface area contributed by atoms with Crippen molar-refractivity contribution in [3.8, 4) is 11.5 Å². The van der Waals surface area contributed by atoms with Crippen molar-refractivity contribution in [1.29, 1.82) is 0 Å². The molecule has 0 amide bonds. The van der Waals surface area contributed by atoms with Crippen LogP contribution in [-0.2, 0) is 12.8 Å². The van der Waals surface area contributed by atoms with E-state index in [0.717, 1.165) is 24.0 Å². The second-order valence-corrected chi connectivity index (χ2v) is 5.31. The van der Waals surface area contributed by atoms with Gasteiger partial charge >= 0.3 is 0 Å². The second kappa shape index (κ2) is 5.24. The molecule has 1 aromatic rings. The molecule has 1 aromatic carbocycles. The first-order valence-corrected chi connectivity index (χ1v) is 5.93. The molecule has 0 heterocycles. The molecule has 1 rings (SSSR count). The Balaban J connectivity index is 2.97. The zero-order chi connectivity index (χ0) is 12.3. The Labute approximate surface area is 97.9 Å². The zero-order valence-corrected chi connectivity index (χ0v) is 10.6. The summed E-state index contributed by atoms with van der Waals surface area (Å²) in [7, 11) is 0. The van der Waals surface area contributed by atoms with Gasteiger partial charge in [-0.2, -0.15) is 0 Å². The van der Waals surface area contributed by atoms with Crippen LogP contribution in [0.5, 0.6) is 11.5 Å². The Kier molecular flexibility index (Phi) is 4.22. The van der Waals surface area contributed by atoms with E-state index in [1.54, 1.807) is 12.1 Å². The van der Waals surface area contributed by atoms with Crippen molar-refractivity contribution in [3.63, 3.8) is 0 Å². The summed E-state index contributed by atoms with van der Waals surface area (Å²) in [5.74, 6) is 1.56. The molecular formula is C14H22O2. The summed E-state index contributed by atoms with van der Waals surface area (Å²) in [4.78, 5) is 0. The molecule has 0 bridgehead atoms. The molecule has 0 atom stereocenters. The number of hydrogen-bond donors (Lipinski definition) is 2. The minimum Gasteiger partial charge on any atom is -0.508 e. The molecule has 2 nitrogen and oxygen atoms in total. The van der Waals surface area contributed by atoms with Crippen molar-refractivity contribution in [3.05, 3.63) is 23.3 Å². The van der Waals surface area contributed by atoms with E-state index in [1.807, 2.05) is 0 Å². The van der Waals surface area contributed by atoms with Crippen LogP contribution in [0.4, 0.5) is 0 Å². The van der Waals surface area contributed by atoms with E-state index in [4.69, 9.17) is 0 Å². The molecule has 0 aliphatic heterocycles. The fourth-order valence-corrected chi connectivity index (χ4v) is 1.87. The summed E-state index contributed by atoms with van der Waals surface area (Å²) >= 11 is 0. The molecule has 0 aliphatic rings. The Morgan fingerprint density at radius 1 is 0.812 bits per heavy atom. The smallest absolute Gasteiger partial charge is 0.119 e. The highest BCUT2D eigenvalue weighted by Gasteiger charge is 2.11. The van der Waals surface area contributed by atoms with Crippen LogP contribution in [0.2, 0.25) is 0 Å². The highest BCUT2D eigenvalue weighted by atomic mass is 16.3. The molecule has 16 heavy (non-hydrogen) atoms. The van der Waals surface area contributed by atoms with E-state index < -0.39 is 0 Å². The summed E-state index contributed by atoms with van der Waals surface area (Å²) in [6.45, 7) is 8.38. The second-order valence-electron chi connectivity index (χ2n) is 5.31. The van der Waals surface area contributed by atoms with Crippen molar-refractivity contribution < 1.29 is 10.2 Å². The first kappa shape index (κ1) is 12.9. The standard InChI is InChI=1S/C14H22O2/c1-9(2)5-11-7-14(16)12(6-10(3)4)8-13(11)15/h7-10,15-16H,5-6H2,1-4H3. The van der Waals surface area contributed by atoms with E-state index in [1.165, 1.54) is 0 Å². The van der Waals surface area contributed by atoms with Gasteiger partial charge in [-0.05, 0) is 47.9 Å². The summed E-state index contributed by atoms with van der Waals surface area (Å²) in [5, 5.41) is 19.7. The summed E-state index contributed by atoms with van der Waals surface area (Å²) in [5.41, 5.74) is 1.67. The molecule has 0 spiro atoms. The maximum atomic E-state index is 9.87. The maximum absolute atomic E-state index is 9.87. The van der Waals surface area contributed by atoms with E-state index in [-0.39, 0.29) is 0 Å². The van der Waals surface area contributed by atoms with Gasteiger partial charge < -0.3 is 10.2 Å². The van der Waals surface area contributed by atoms with Gasteiger partial charge in [0.15, 0.2) is 0 Å². The van der Waals surface area contributed by atoms with Crippen LogP contribution >= 0.6 is 0 Å². The van der Waals surface area contributed by atoms with Gasteiger partial charge in [0.05, 0.1) is 0 Å². The third-order valence-corrected chi connectivity index (χ3v) is 2.54. The normalized spacial score (nSPS) is 11.4. The molecule has 0 saturated heterocycles. The molecule has 0 aromatic heterocycles. The number of phenols is 2. The predicted molar refractivity (Wildman–Crippen MR) is 66.9 cm³/mol. The van der Waals surface area contributed by atoms with Crippen LogP contribution in [0.3, 0.4) is 0 Å². The molecule has 0 unspecified atom stereocenters. The van der Waals surface area contributed by atoms with Gasteiger partial charge in [-0.3, -0.25) is 0 Å². The highest BCUT2D eigenvalue weighted by molar-refractivity contribution is 5.45. The van der Waals surface area contributed by atoms with Crippen molar-refractivity contribution in [2.45, 2.75) is 40.5 Å². The summed E-state index contributed by atoms with van der Waals surface area (Å²) < 4.78 is 0. The predicted octanol–water partition coefficient (Wildman–Crippen LogP) is 3.49. The third kappa shape index (κ3) is 3.44. The Hall–Kier alpha value is -1.18. The molecule has 0 saturated carbocycles. The molecular weight excluding hydrogens is 200 g/mol. The number of aromatic hydroxyl groups is 2. The van der Waals surface area contributed by atoms with E-state index in [2.05, 4.69) is 27.7 Å². The number of phenolic OH excluding ortho intramolecular Hbond substituents is 2. The molecule has 0 radical (unpaired) electrons. The average Bonchev–Trinajstić information content (AvgIpc) is 2.11. The first-order valence-electron chi connectivity index (χ1n) is 5.93. The lowest BCUT2D eigenvalue weighted by Gasteiger charge is -2.12.